The lowest BCUT2D eigenvalue weighted by molar-refractivity contribution is -0.122. The molecule has 1 atom stereocenters. The van der Waals surface area contributed by atoms with Crippen LogP contribution < -0.4 is 26.1 Å². The van der Waals surface area contributed by atoms with Crippen LogP contribution in [-0.2, 0) is 23.0 Å². The predicted octanol–water partition coefficient (Wildman–Crippen LogP) is 1.37. The number of urea groups is 1. The molecule has 8 nitrogen and oxygen atoms in total. The monoisotopic (exact) mass is 411 g/mol. The fourth-order valence-corrected chi connectivity index (χ4v) is 2.44. The third-order valence-electron chi connectivity index (χ3n) is 3.56. The van der Waals surface area contributed by atoms with Crippen LogP contribution in [0, 0.1) is 0 Å². The van der Waals surface area contributed by atoms with Gasteiger partial charge in [0.2, 0.25) is 0 Å². The van der Waals surface area contributed by atoms with E-state index in [1.54, 1.807) is 18.3 Å². The van der Waals surface area contributed by atoms with E-state index in [4.69, 9.17) is 16.5 Å². The van der Waals surface area contributed by atoms with E-state index in [0.717, 1.165) is 12.0 Å². The lowest BCUT2D eigenvalue weighted by Crippen LogP contribution is -2.35. The van der Waals surface area contributed by atoms with Gasteiger partial charge >= 0.3 is 6.03 Å². The zero-order valence-corrected chi connectivity index (χ0v) is 17.2. The maximum atomic E-state index is 11.6. The highest BCUT2D eigenvalue weighted by molar-refractivity contribution is 7.96. The summed E-state index contributed by atoms with van der Waals surface area (Å²) in [6.45, 7) is 2.47. The Balaban J connectivity index is 2.26. The zero-order valence-electron chi connectivity index (χ0n) is 15.5. The molecular formula is C17H26N5O3PS. The van der Waals surface area contributed by atoms with Crippen LogP contribution >= 0.6 is 7.36 Å². The van der Waals surface area contributed by atoms with Crippen molar-refractivity contribution in [2.75, 3.05) is 26.5 Å². The van der Waals surface area contributed by atoms with Gasteiger partial charge in [-0.2, -0.15) is 5.10 Å². The minimum atomic E-state index is -0.346. The van der Waals surface area contributed by atoms with Gasteiger partial charge in [0.1, 0.15) is 5.75 Å². The van der Waals surface area contributed by atoms with Crippen LogP contribution in [-0.4, -0.2) is 50.7 Å². The molecule has 0 spiro atoms. The summed E-state index contributed by atoms with van der Waals surface area (Å²) in [6, 6.07) is 7.17. The molecule has 148 valence electrons. The molecule has 10 heteroatoms. The number of ether oxygens (including phenoxy) is 1. The summed E-state index contributed by atoms with van der Waals surface area (Å²) in [5, 5.41) is 12.3. The Hall–Kier alpha value is -2.09. The van der Waals surface area contributed by atoms with Crippen LogP contribution in [0.2, 0.25) is 0 Å². The van der Waals surface area contributed by atoms with Crippen molar-refractivity contribution < 1.29 is 14.3 Å². The Morgan fingerprint density at radius 3 is 2.67 bits per heavy atom. The minimum Gasteiger partial charge on any atom is -0.484 e. The van der Waals surface area contributed by atoms with Gasteiger partial charge in [0.25, 0.3) is 5.91 Å². The summed E-state index contributed by atoms with van der Waals surface area (Å²) < 4.78 is 5.39. The maximum absolute atomic E-state index is 11.6. The highest BCUT2D eigenvalue weighted by atomic mass is 32.4. The van der Waals surface area contributed by atoms with E-state index in [2.05, 4.69) is 26.5 Å². The second-order valence-corrected chi connectivity index (χ2v) is 6.87. The lowest BCUT2D eigenvalue weighted by atomic mass is 10.1. The van der Waals surface area contributed by atoms with Crippen molar-refractivity contribution >= 4 is 37.3 Å². The van der Waals surface area contributed by atoms with Gasteiger partial charge in [-0.1, -0.05) is 30.9 Å². The quantitative estimate of drug-likeness (QED) is 0.236. The molecule has 0 saturated heterocycles. The molecule has 0 aromatic heterocycles. The van der Waals surface area contributed by atoms with Gasteiger partial charge in [0.15, 0.2) is 6.61 Å². The number of amides is 3. The molecule has 3 amide bonds. The smallest absolute Gasteiger partial charge is 0.335 e. The van der Waals surface area contributed by atoms with Crippen molar-refractivity contribution in [2.24, 2.45) is 5.10 Å². The number of nitrogens with zero attached hydrogens (tertiary/aromatic N) is 1. The van der Waals surface area contributed by atoms with Crippen molar-refractivity contribution in [1.82, 2.24) is 21.4 Å². The van der Waals surface area contributed by atoms with Gasteiger partial charge in [-0.05, 0) is 44.9 Å². The molecule has 1 aromatic carbocycles. The zero-order chi connectivity index (χ0) is 19.9. The van der Waals surface area contributed by atoms with E-state index in [9.17, 15) is 9.59 Å². The summed E-state index contributed by atoms with van der Waals surface area (Å²) in [5.74, 6) is 0.411. The highest BCUT2D eigenvalue weighted by Crippen LogP contribution is 2.12. The minimum absolute atomic E-state index is 0.0428. The van der Waals surface area contributed by atoms with Crippen molar-refractivity contribution in [1.29, 1.82) is 0 Å². The second kappa shape index (κ2) is 14.0. The molecule has 0 aliphatic carbocycles. The molecule has 0 fully saturated rings. The van der Waals surface area contributed by atoms with Crippen LogP contribution in [0.5, 0.6) is 5.75 Å². The van der Waals surface area contributed by atoms with Crippen molar-refractivity contribution in [3.05, 3.63) is 29.8 Å². The largest absolute Gasteiger partial charge is 0.484 e. The number of benzene rings is 1. The summed E-state index contributed by atoms with van der Waals surface area (Å²) in [6.07, 6.45) is 3.66. The lowest BCUT2D eigenvalue weighted by Gasteiger charge is -2.08. The van der Waals surface area contributed by atoms with Gasteiger partial charge in [-0.3, -0.25) is 4.79 Å². The molecule has 0 bridgehead atoms. The molecule has 0 radical (unpaired) electrons. The number of rotatable bonds is 12. The third kappa shape index (κ3) is 10.6. The van der Waals surface area contributed by atoms with Crippen molar-refractivity contribution in [3.8, 4) is 5.75 Å². The average molecular weight is 411 g/mol. The van der Waals surface area contributed by atoms with E-state index in [1.165, 1.54) is 0 Å². The highest BCUT2D eigenvalue weighted by Gasteiger charge is 2.03. The van der Waals surface area contributed by atoms with E-state index in [0.29, 0.717) is 32.4 Å². The first-order valence-electron chi connectivity index (χ1n) is 8.60. The van der Waals surface area contributed by atoms with Crippen LogP contribution in [0.3, 0.4) is 0 Å². The number of nitrogens with one attached hydrogen (secondary N) is 4. The van der Waals surface area contributed by atoms with Crippen LogP contribution in [0.15, 0.2) is 29.4 Å². The Kier molecular flexibility index (Phi) is 11.9. The number of hydrogen-bond donors (Lipinski definition) is 4. The number of hydrazone groups is 1. The molecule has 1 unspecified atom stereocenters. The van der Waals surface area contributed by atoms with Crippen LogP contribution in [0.25, 0.3) is 0 Å². The molecule has 1 rings (SSSR count). The molecule has 0 heterocycles. The Labute approximate surface area is 166 Å². The van der Waals surface area contributed by atoms with Gasteiger partial charge in [0, 0.05) is 18.8 Å². The van der Waals surface area contributed by atoms with Crippen molar-refractivity contribution in [3.63, 3.8) is 0 Å². The van der Waals surface area contributed by atoms with E-state index in [1.807, 2.05) is 26.1 Å². The Morgan fingerprint density at radius 2 is 2.04 bits per heavy atom. The number of carbonyl (C=O) groups excluding carboxylic acids is 2. The molecular weight excluding hydrogens is 385 g/mol. The number of hydrogen-bond acceptors (Lipinski definition) is 6. The van der Waals surface area contributed by atoms with Crippen LogP contribution in [0.1, 0.15) is 18.9 Å². The maximum Gasteiger partial charge on any atom is 0.335 e. The van der Waals surface area contributed by atoms with Gasteiger partial charge in [0.05, 0.1) is 6.29 Å². The summed E-state index contributed by atoms with van der Waals surface area (Å²) in [7, 11) is 2.53. The van der Waals surface area contributed by atoms with Crippen LogP contribution in [0.4, 0.5) is 4.79 Å². The SMILES string of the molecule is CCC(/C=N/NC(=O)NCCc1ccc(OCC(=O)NCP=S)cc1)NC. The van der Waals surface area contributed by atoms with E-state index in [-0.39, 0.29) is 24.6 Å². The topological polar surface area (TPSA) is 104 Å². The normalized spacial score (nSPS) is 11.9. The fourth-order valence-electron chi connectivity index (χ4n) is 2.00. The van der Waals surface area contributed by atoms with Crippen molar-refractivity contribution in [2.45, 2.75) is 25.8 Å². The van der Waals surface area contributed by atoms with Gasteiger partial charge in [-0.25, -0.2) is 10.2 Å². The first-order valence-corrected chi connectivity index (χ1v) is 10.7. The first kappa shape index (κ1) is 23.0. The van der Waals surface area contributed by atoms with E-state index >= 15 is 0 Å². The molecule has 0 aliphatic heterocycles. The summed E-state index contributed by atoms with van der Waals surface area (Å²) in [4.78, 5) is 23.1. The average Bonchev–Trinajstić information content (AvgIpc) is 2.69. The second-order valence-electron chi connectivity index (χ2n) is 5.52. The molecule has 4 N–H and O–H groups in total. The fraction of sp³-hybridized carbons (Fsp3) is 0.471. The predicted molar refractivity (Wildman–Crippen MR) is 111 cm³/mol. The third-order valence-corrected chi connectivity index (χ3v) is 4.24. The molecule has 0 aliphatic rings. The standard InChI is InChI=1S/C17H26N5O3PS/c1-3-14(18-2)10-21-22-17(24)19-9-8-13-4-6-15(7-5-13)25-11-16(23)20-12-26-27/h4-7,10,14,18H,3,8-9,11-12H2,1-2H3,(H,20,23)(H2,19,22,24)/b21-10+. The Morgan fingerprint density at radius 1 is 1.30 bits per heavy atom. The van der Waals surface area contributed by atoms with E-state index < -0.39 is 0 Å². The Bertz CT molecular complexity index is 623. The summed E-state index contributed by atoms with van der Waals surface area (Å²) >= 11 is 4.73. The van der Waals surface area contributed by atoms with Gasteiger partial charge < -0.3 is 20.7 Å². The summed E-state index contributed by atoms with van der Waals surface area (Å²) in [5.41, 5.74) is 3.48. The molecule has 0 saturated carbocycles. The number of carbonyl (C=O) groups is 2. The van der Waals surface area contributed by atoms with Gasteiger partial charge in [-0.15, -0.1) is 0 Å². The first-order chi connectivity index (χ1) is 13.1. The molecule has 27 heavy (non-hydrogen) atoms. The molecule has 1 aromatic rings.